The lowest BCUT2D eigenvalue weighted by Gasteiger charge is -2.33. The molecule has 0 radical (unpaired) electrons. The molecule has 1 heterocycles. The zero-order valence-electron chi connectivity index (χ0n) is 16.5. The van der Waals surface area contributed by atoms with Gasteiger partial charge in [-0.15, -0.1) is 0 Å². The molecule has 26 heavy (non-hydrogen) atoms. The maximum absolute atomic E-state index is 8.62. The molecule has 0 atom stereocenters. The number of nitrogens with one attached hydrogen (secondary N) is 1. The first-order chi connectivity index (χ1) is 12.6. The summed E-state index contributed by atoms with van der Waals surface area (Å²) >= 11 is 0. The van der Waals surface area contributed by atoms with Gasteiger partial charge < -0.3 is 19.7 Å². The molecule has 0 spiro atoms. The van der Waals surface area contributed by atoms with E-state index >= 15 is 0 Å². The molecule has 0 saturated carbocycles. The van der Waals surface area contributed by atoms with E-state index < -0.39 is 0 Å². The second-order valence-corrected chi connectivity index (χ2v) is 7.44. The summed E-state index contributed by atoms with van der Waals surface area (Å²) in [6, 6.07) is 8.82. The van der Waals surface area contributed by atoms with Gasteiger partial charge in [-0.2, -0.15) is 5.26 Å². The normalized spacial score (nSPS) is 15.8. The van der Waals surface area contributed by atoms with Gasteiger partial charge in [-0.05, 0) is 56.0 Å². The first-order valence-corrected chi connectivity index (χ1v) is 9.74. The van der Waals surface area contributed by atoms with Crippen molar-refractivity contribution in [3.8, 4) is 17.6 Å². The van der Waals surface area contributed by atoms with E-state index in [9.17, 15) is 0 Å². The summed E-state index contributed by atoms with van der Waals surface area (Å²) in [4.78, 5) is 2.57. The molecule has 0 amide bonds. The number of unbranched alkanes of at least 4 members (excludes halogenated alkanes) is 1. The van der Waals surface area contributed by atoms with Crippen LogP contribution in [-0.4, -0.2) is 44.3 Å². The Kier molecular flexibility index (Phi) is 8.73. The molecule has 5 nitrogen and oxygen atoms in total. The largest absolute Gasteiger partial charge is 0.493 e. The van der Waals surface area contributed by atoms with Crippen molar-refractivity contribution in [2.45, 2.75) is 52.1 Å². The molecule has 1 aliphatic heterocycles. The van der Waals surface area contributed by atoms with Crippen molar-refractivity contribution in [1.29, 1.82) is 5.26 Å². The van der Waals surface area contributed by atoms with Crippen LogP contribution in [0.4, 0.5) is 0 Å². The van der Waals surface area contributed by atoms with Crippen molar-refractivity contribution in [2.24, 2.45) is 5.92 Å². The van der Waals surface area contributed by atoms with Gasteiger partial charge in [0.25, 0.3) is 0 Å². The number of hydrogen-bond acceptors (Lipinski definition) is 5. The van der Waals surface area contributed by atoms with Gasteiger partial charge in [0.1, 0.15) is 0 Å². The van der Waals surface area contributed by atoms with Crippen molar-refractivity contribution >= 4 is 0 Å². The minimum absolute atomic E-state index is 0.513. The van der Waals surface area contributed by atoms with Crippen LogP contribution in [0, 0.1) is 17.2 Å². The van der Waals surface area contributed by atoms with Crippen LogP contribution in [-0.2, 0) is 6.54 Å². The minimum Gasteiger partial charge on any atom is -0.493 e. The summed E-state index contributed by atoms with van der Waals surface area (Å²) in [6.07, 6.45) is 3.66. The molecule has 1 aromatic rings. The predicted molar refractivity (Wildman–Crippen MR) is 104 cm³/mol. The van der Waals surface area contributed by atoms with Crippen LogP contribution in [0.25, 0.3) is 0 Å². The smallest absolute Gasteiger partial charge is 0.161 e. The fourth-order valence-corrected chi connectivity index (χ4v) is 3.38. The van der Waals surface area contributed by atoms with Crippen LogP contribution in [0.2, 0.25) is 0 Å². The van der Waals surface area contributed by atoms with Gasteiger partial charge in [0.05, 0.1) is 19.8 Å². The molecule has 1 fully saturated rings. The molecule has 1 saturated heterocycles. The van der Waals surface area contributed by atoms with E-state index in [1.807, 2.05) is 12.1 Å². The monoisotopic (exact) mass is 359 g/mol. The second kappa shape index (κ2) is 11.1. The van der Waals surface area contributed by atoms with Gasteiger partial charge in [0, 0.05) is 25.6 Å². The highest BCUT2D eigenvalue weighted by Crippen LogP contribution is 2.28. The van der Waals surface area contributed by atoms with Crippen LogP contribution in [0.15, 0.2) is 18.2 Å². The molecule has 1 aromatic carbocycles. The third-order valence-corrected chi connectivity index (χ3v) is 4.72. The quantitative estimate of drug-likeness (QED) is 0.647. The van der Waals surface area contributed by atoms with E-state index in [4.69, 9.17) is 14.7 Å². The number of rotatable bonds is 10. The van der Waals surface area contributed by atoms with E-state index in [1.165, 1.54) is 38.0 Å². The number of nitriles is 1. The first-order valence-electron chi connectivity index (χ1n) is 9.74. The number of benzene rings is 1. The number of methoxy groups -OCH3 is 1. The van der Waals surface area contributed by atoms with Gasteiger partial charge in [-0.1, -0.05) is 19.9 Å². The Hall–Kier alpha value is -1.77. The Morgan fingerprint density at radius 2 is 2.04 bits per heavy atom. The molecular weight excluding hydrogens is 326 g/mol. The van der Waals surface area contributed by atoms with E-state index in [1.54, 1.807) is 7.11 Å². The predicted octanol–water partition coefficient (Wildman–Crippen LogP) is 3.59. The molecule has 1 N–H and O–H groups in total. The third kappa shape index (κ3) is 6.86. The molecule has 0 aliphatic carbocycles. The molecule has 144 valence electrons. The Morgan fingerprint density at radius 3 is 2.69 bits per heavy atom. The zero-order chi connectivity index (χ0) is 18.8. The molecule has 5 heteroatoms. The van der Waals surface area contributed by atoms with Gasteiger partial charge >= 0.3 is 0 Å². The zero-order valence-corrected chi connectivity index (χ0v) is 16.5. The number of nitrogens with zero attached hydrogens (tertiary/aromatic N) is 2. The van der Waals surface area contributed by atoms with Crippen molar-refractivity contribution in [1.82, 2.24) is 10.2 Å². The molecule has 0 unspecified atom stereocenters. The van der Waals surface area contributed by atoms with Gasteiger partial charge in [-0.25, -0.2) is 0 Å². The van der Waals surface area contributed by atoms with Gasteiger partial charge in [-0.3, -0.25) is 0 Å². The summed E-state index contributed by atoms with van der Waals surface area (Å²) in [5.74, 6) is 2.24. The lowest BCUT2D eigenvalue weighted by atomic mass is 10.0. The van der Waals surface area contributed by atoms with Gasteiger partial charge in [0.15, 0.2) is 11.5 Å². The van der Waals surface area contributed by atoms with E-state index in [2.05, 4.69) is 36.2 Å². The van der Waals surface area contributed by atoms with E-state index in [0.717, 1.165) is 30.4 Å². The van der Waals surface area contributed by atoms with Gasteiger partial charge in [0.2, 0.25) is 0 Å². The lowest BCUT2D eigenvalue weighted by Crippen LogP contribution is -2.43. The molecule has 1 aliphatic rings. The number of ether oxygens (including phenoxy) is 2. The highest BCUT2D eigenvalue weighted by atomic mass is 16.5. The van der Waals surface area contributed by atoms with Crippen LogP contribution >= 0.6 is 0 Å². The number of piperidine rings is 1. The highest BCUT2D eigenvalue weighted by Gasteiger charge is 2.19. The molecule has 0 bridgehead atoms. The van der Waals surface area contributed by atoms with Crippen LogP contribution in [0.3, 0.4) is 0 Å². The van der Waals surface area contributed by atoms with Crippen molar-refractivity contribution in [3.05, 3.63) is 23.8 Å². The lowest BCUT2D eigenvalue weighted by molar-refractivity contribution is 0.179. The summed E-state index contributed by atoms with van der Waals surface area (Å²) in [5, 5.41) is 12.3. The first kappa shape index (κ1) is 20.5. The minimum atomic E-state index is 0.513. The Bertz CT molecular complexity index is 575. The SMILES string of the molecule is COc1ccc(CNC2CCN(CC(C)C)CC2)cc1OCCCC#N. The summed E-state index contributed by atoms with van der Waals surface area (Å²) in [6.45, 7) is 9.53. The Morgan fingerprint density at radius 1 is 1.27 bits per heavy atom. The van der Waals surface area contributed by atoms with Crippen LogP contribution in [0.1, 0.15) is 45.1 Å². The van der Waals surface area contributed by atoms with Crippen molar-refractivity contribution in [3.63, 3.8) is 0 Å². The van der Waals surface area contributed by atoms with Crippen molar-refractivity contribution in [2.75, 3.05) is 33.4 Å². The second-order valence-electron chi connectivity index (χ2n) is 7.44. The fourth-order valence-electron chi connectivity index (χ4n) is 3.38. The summed E-state index contributed by atoms with van der Waals surface area (Å²) < 4.78 is 11.2. The Balaban J connectivity index is 1.81. The third-order valence-electron chi connectivity index (χ3n) is 4.72. The number of hydrogen-bond donors (Lipinski definition) is 1. The summed E-state index contributed by atoms with van der Waals surface area (Å²) in [5.41, 5.74) is 1.20. The average Bonchev–Trinajstić information content (AvgIpc) is 2.64. The van der Waals surface area contributed by atoms with E-state index in [-0.39, 0.29) is 0 Å². The molecular formula is C21H33N3O2. The Labute approximate surface area is 158 Å². The maximum atomic E-state index is 8.62. The standard InChI is InChI=1S/C21H33N3O2/c1-17(2)16-24-11-8-19(9-12-24)23-15-18-6-7-20(25-3)21(14-18)26-13-5-4-10-22/h6-7,14,17,19,23H,4-5,8-9,11-13,15-16H2,1-3H3. The molecule has 0 aromatic heterocycles. The van der Waals surface area contributed by atoms with Crippen LogP contribution in [0.5, 0.6) is 11.5 Å². The summed E-state index contributed by atoms with van der Waals surface area (Å²) in [7, 11) is 1.65. The topological polar surface area (TPSA) is 57.5 Å². The highest BCUT2D eigenvalue weighted by molar-refractivity contribution is 5.43. The van der Waals surface area contributed by atoms with E-state index in [0.29, 0.717) is 19.1 Å². The maximum Gasteiger partial charge on any atom is 0.161 e. The van der Waals surface area contributed by atoms with Crippen molar-refractivity contribution < 1.29 is 9.47 Å². The molecule has 2 rings (SSSR count). The number of likely N-dealkylation sites (tertiary alicyclic amines) is 1. The average molecular weight is 360 g/mol. The fraction of sp³-hybridized carbons (Fsp3) is 0.667. The van der Waals surface area contributed by atoms with Crippen LogP contribution < -0.4 is 14.8 Å².